The van der Waals surface area contributed by atoms with Gasteiger partial charge in [-0.05, 0) is 124 Å². The van der Waals surface area contributed by atoms with Crippen LogP contribution in [0.3, 0.4) is 0 Å². The Balaban J connectivity index is 0.000000186. The van der Waals surface area contributed by atoms with E-state index in [1.165, 1.54) is 30.3 Å². The lowest BCUT2D eigenvalue weighted by Crippen LogP contribution is -2.54. The fourth-order valence-corrected chi connectivity index (χ4v) is 13.6. The number of halogens is 1. The van der Waals surface area contributed by atoms with E-state index in [-0.39, 0.29) is 90.2 Å². The van der Waals surface area contributed by atoms with Crippen LogP contribution in [0.1, 0.15) is 146 Å². The van der Waals surface area contributed by atoms with Gasteiger partial charge < -0.3 is 46.9 Å². The Labute approximate surface area is 660 Å². The highest BCUT2D eigenvalue weighted by Gasteiger charge is 2.47. The number of aryl methyl sites for hydroxylation is 2. The number of unbranched alkanes of at least 4 members (excludes halogenated alkanes) is 6. The summed E-state index contributed by atoms with van der Waals surface area (Å²) < 4.78 is 29.5. The first-order valence-corrected chi connectivity index (χ1v) is 37.2. The van der Waals surface area contributed by atoms with Crippen molar-refractivity contribution in [3.05, 3.63) is 209 Å². The molecular weight excluding hydrogens is 1480 g/mol. The number of hydrogen-bond acceptors (Lipinski definition) is 21. The average molecular weight is 1570 g/mol. The summed E-state index contributed by atoms with van der Waals surface area (Å²) in [4.78, 5) is 158. The van der Waals surface area contributed by atoms with Gasteiger partial charge in [0.05, 0.1) is 75.7 Å². The zero-order valence-corrected chi connectivity index (χ0v) is 63.0. The second-order valence-electron chi connectivity index (χ2n) is 26.8. The zero-order valence-electron chi connectivity index (χ0n) is 64.0. The van der Waals surface area contributed by atoms with Gasteiger partial charge in [0.1, 0.15) is 24.4 Å². The Morgan fingerprint density at radius 3 is 1.52 bits per heavy atom. The predicted octanol–water partition coefficient (Wildman–Crippen LogP) is 9.95. The molecule has 0 aliphatic carbocycles. The monoisotopic (exact) mass is 1570 g/mol. The average Bonchev–Trinajstić information content (AvgIpc) is 1.57. The number of alkyl halides is 1. The molecule has 10 N–H and O–H groups in total. The maximum absolute atomic E-state index is 13.2. The van der Waals surface area contributed by atoms with Crippen molar-refractivity contribution < 1.29 is 77.9 Å². The fraction of sp³-hybridized carbons (Fsp3) is 0.277. The summed E-state index contributed by atoms with van der Waals surface area (Å²) in [5.74, 6) is -5.73. The number of hydrogen-bond donors (Lipinski definition) is 9. The second kappa shape index (κ2) is 38.8. The Morgan fingerprint density at radius 1 is 0.574 bits per heavy atom. The number of nitrogens with two attached hydrogens (primary N) is 1. The molecule has 11 amide bonds. The topological polar surface area (TPSA) is 422 Å². The highest BCUT2D eigenvalue weighted by atomic mass is 19.1. The molecule has 10 aromatic rings. The van der Waals surface area contributed by atoms with E-state index in [9.17, 15) is 61.9 Å². The van der Waals surface area contributed by atoms with Crippen LogP contribution in [0.2, 0.25) is 0 Å². The van der Waals surface area contributed by atoms with Crippen LogP contribution in [0.15, 0.2) is 170 Å². The van der Waals surface area contributed by atoms with Crippen LogP contribution >= 0.6 is 0 Å². The third-order valence-corrected chi connectivity index (χ3v) is 19.3. The summed E-state index contributed by atoms with van der Waals surface area (Å²) in [6.07, 6.45) is 13.7. The molecule has 8 heterocycles. The van der Waals surface area contributed by atoms with Crippen molar-refractivity contribution in [3.8, 4) is 28.3 Å². The molecule has 14 rings (SSSR count). The van der Waals surface area contributed by atoms with E-state index in [4.69, 9.17) is 27.1 Å². The molecule has 32 heteroatoms. The van der Waals surface area contributed by atoms with Gasteiger partial charge in [-0.25, -0.2) is 4.79 Å². The van der Waals surface area contributed by atoms with Gasteiger partial charge in [-0.2, -0.15) is 10.2 Å². The molecule has 0 spiro atoms. The minimum atomic E-state index is -1.51. The number of ether oxygens (including phenoxy) is 2. The number of para-hydroxylation sites is 2. The number of rotatable bonds is 28. The third-order valence-electron chi connectivity index (χ3n) is 19.3. The van der Waals surface area contributed by atoms with E-state index in [2.05, 4.69) is 51.9 Å². The number of nitrogens with one attached hydrogen (secondary N) is 7. The fourth-order valence-electron chi connectivity index (χ4n) is 13.6. The van der Waals surface area contributed by atoms with Gasteiger partial charge in [-0.15, -0.1) is 0 Å². The molecule has 4 aliphatic rings. The summed E-state index contributed by atoms with van der Waals surface area (Å²) in [6.45, 7) is 2.07. The smallest absolute Gasteiger partial charge is 0.483 e. The first-order valence-electron chi connectivity index (χ1n) is 37.9. The lowest BCUT2D eigenvalue weighted by atomic mass is 10.0. The normalized spacial score (nSPS) is 14.8. The zero-order chi connectivity index (χ0) is 82.4. The first kappa shape index (κ1) is 80.6. The number of amides is 11. The number of imide groups is 4. The van der Waals surface area contributed by atoms with E-state index in [0.717, 1.165) is 142 Å². The van der Waals surface area contributed by atoms with E-state index >= 15 is 0 Å². The molecule has 594 valence electrons. The molecular formula is C83H85FN16O15. The molecule has 0 saturated carbocycles. The summed E-state index contributed by atoms with van der Waals surface area (Å²) >= 11 is 0. The van der Waals surface area contributed by atoms with Gasteiger partial charge in [0.25, 0.3) is 41.4 Å². The molecule has 4 aliphatic heterocycles. The number of carbonyl (C=O) groups is 12. The summed E-state index contributed by atoms with van der Waals surface area (Å²) in [5.41, 5.74) is 15.2. The minimum absolute atomic E-state index is 0.00408. The lowest BCUT2D eigenvalue weighted by molar-refractivity contribution is -0.137. The Bertz CT molecular complexity index is 5360. The molecule has 2 fully saturated rings. The molecule has 6 aromatic carbocycles. The highest BCUT2D eigenvalue weighted by Crippen LogP contribution is 2.38. The van der Waals surface area contributed by atoms with Gasteiger partial charge in [0, 0.05) is 110 Å². The third kappa shape index (κ3) is 19.7. The lowest BCUT2D eigenvalue weighted by Gasteiger charge is -2.27. The molecule has 0 radical (unpaired) electrons. The van der Waals surface area contributed by atoms with Crippen LogP contribution in [-0.4, -0.2) is 169 Å². The van der Waals surface area contributed by atoms with Crippen molar-refractivity contribution in [1.29, 1.82) is 0 Å². The minimum Gasteiger partial charge on any atom is -0.483 e. The number of fused-ring (bicyclic) bond motifs is 4. The van der Waals surface area contributed by atoms with Gasteiger partial charge in [0.15, 0.2) is 6.61 Å². The molecule has 0 bridgehead atoms. The van der Waals surface area contributed by atoms with Gasteiger partial charge in [0.2, 0.25) is 23.6 Å². The molecule has 31 nitrogen and oxygen atoms in total. The molecule has 115 heavy (non-hydrogen) atoms. The second-order valence-corrected chi connectivity index (χ2v) is 26.8. The van der Waals surface area contributed by atoms with Crippen LogP contribution < -0.4 is 47.7 Å². The van der Waals surface area contributed by atoms with Gasteiger partial charge in [-0.3, -0.25) is 96.9 Å². The predicted molar refractivity (Wildman–Crippen MR) is 423 cm³/mol. The van der Waals surface area contributed by atoms with Crippen LogP contribution in [0.4, 0.5) is 31.9 Å². The van der Waals surface area contributed by atoms with Crippen molar-refractivity contribution in [3.63, 3.8) is 0 Å². The Morgan fingerprint density at radius 2 is 1.04 bits per heavy atom. The SMILES string of the molecule is CNC(=O)c1cnc2ccc(-c3ccn(CCCCCCN)n3)cc2c1Nc1ccccc1.CNC(=O)c1cnc2ccc(-c3ccn(CCCCCCNC(=O)COc4cccc5c4C(=O)N(C4CCC(=O)NC4=O)C5=O)n3)cc2c1Nc1ccccc1.O=C1CCC(N2C(=O)c3cccc(COC(=O)O)c3C2=O)C(=O)N1.[2H]CF. The molecule has 2 unspecified atom stereocenters. The van der Waals surface area contributed by atoms with Crippen LogP contribution in [0.25, 0.3) is 44.3 Å². The van der Waals surface area contributed by atoms with Gasteiger partial charge in [-0.1, -0.05) is 92.4 Å². The number of nitrogens with zero attached hydrogens (tertiary/aromatic N) is 8. The number of pyridine rings is 2. The number of carbonyl (C=O) groups excluding carboxylic acids is 11. The van der Waals surface area contributed by atoms with Crippen LogP contribution in [0, 0.1) is 0 Å². The Kier molecular flexibility index (Phi) is 27.2. The number of carboxylic acid groups (broad SMARTS) is 1. The number of anilines is 4. The van der Waals surface area contributed by atoms with Crippen molar-refractivity contribution in [2.45, 2.75) is 109 Å². The Hall–Kier alpha value is -13.9. The summed E-state index contributed by atoms with van der Waals surface area (Å²) in [6, 6.07) is 42.2. The number of benzene rings is 6. The summed E-state index contributed by atoms with van der Waals surface area (Å²) in [7, 11) is 2.21. The molecule has 4 aromatic heterocycles. The van der Waals surface area contributed by atoms with Crippen molar-refractivity contribution in [2.75, 3.05) is 51.6 Å². The van der Waals surface area contributed by atoms with Crippen molar-refractivity contribution in [1.82, 2.24) is 65.9 Å². The molecule has 2 atom stereocenters. The standard InChI is InChI=1S/C41H40N8O7.C26H30N6O.C15H12N2O7.CH3F/c1-42-38(52)29-23-44-31-15-14-25(22-28(31)37(29)45-26-10-5-4-6-11-26)30-18-21-48(47-30)20-8-3-2-7-19-43-35(51)24-56-33-13-9-12-27-36(33)41(55)49(40(27)54)32-16-17-34(50)46-39(32)53;1-28-26(33)22-18-29-24-12-11-19(17-21(24)25(22)30-20-9-5-4-6-10-20)23-13-16-32(31-23)15-8-3-2-7-14-27;18-10-5-4-9(12(19)16-10)17-13(20)8-3-1-2-7(6-24-15(22)23)11(8)14(17)21;1-2/h4-6,9-15,18,21-23,32H,2-3,7-8,16-17,19-20,24H2,1H3,(H,42,52)(H,43,51)(H,44,45)(H,46,50,53);4-6,9-13,16-18H,2-3,7-8,14-15,27H2,1H3,(H,28,33)(H,29,30);1-3,9H,4-6H2,(H,22,23)(H,16,18,19);1H3/i;;;1D. The summed E-state index contributed by atoms with van der Waals surface area (Å²) in [5, 5.41) is 39.2. The van der Waals surface area contributed by atoms with Gasteiger partial charge >= 0.3 is 6.16 Å². The van der Waals surface area contributed by atoms with Crippen molar-refractivity contribution in [2.24, 2.45) is 5.73 Å². The molecule has 2 saturated heterocycles. The first-order chi connectivity index (χ1) is 56.2. The highest BCUT2D eigenvalue weighted by molar-refractivity contribution is 6.25. The quantitative estimate of drug-likeness (QED) is 0.0125. The van der Waals surface area contributed by atoms with Crippen molar-refractivity contribution >= 4 is 116 Å². The number of piperidine rings is 2. The van der Waals surface area contributed by atoms with Crippen LogP contribution in [-0.2, 0) is 48.4 Å². The maximum atomic E-state index is 13.2. The van der Waals surface area contributed by atoms with E-state index < -0.39 is 72.7 Å². The van der Waals surface area contributed by atoms with E-state index in [1.54, 1.807) is 32.6 Å². The number of aromatic nitrogens is 6. The largest absolute Gasteiger partial charge is 0.506 e. The van der Waals surface area contributed by atoms with E-state index in [0.29, 0.717) is 23.4 Å². The van der Waals surface area contributed by atoms with Crippen LogP contribution in [0.5, 0.6) is 5.75 Å². The van der Waals surface area contributed by atoms with E-state index in [1.807, 2.05) is 131 Å². The maximum Gasteiger partial charge on any atom is 0.506 e.